The number of nitrogens with zero attached hydrogens (tertiary/aromatic N) is 5. The number of hydrogen-bond acceptors (Lipinski definition) is 5. The van der Waals surface area contributed by atoms with Gasteiger partial charge in [0.05, 0.1) is 12.0 Å². The van der Waals surface area contributed by atoms with Gasteiger partial charge in [0.1, 0.15) is 0 Å². The van der Waals surface area contributed by atoms with Crippen molar-refractivity contribution in [1.29, 1.82) is 0 Å². The van der Waals surface area contributed by atoms with Gasteiger partial charge in [0.15, 0.2) is 0 Å². The molecule has 6 nitrogen and oxygen atoms in total. The van der Waals surface area contributed by atoms with Gasteiger partial charge in [-0.3, -0.25) is 4.79 Å². The number of carbonyl (C=O) groups excluding carboxylic acids is 1. The van der Waals surface area contributed by atoms with Crippen molar-refractivity contribution in [3.63, 3.8) is 0 Å². The van der Waals surface area contributed by atoms with Crippen molar-refractivity contribution in [2.24, 2.45) is 16.9 Å². The van der Waals surface area contributed by atoms with Gasteiger partial charge in [-0.05, 0) is 31.7 Å². The second-order valence-electron chi connectivity index (χ2n) is 6.43. The highest BCUT2D eigenvalue weighted by Gasteiger charge is 2.38. The Hall–Kier alpha value is -2.24. The number of fused-ring (bicyclic) bond motifs is 1. The first-order chi connectivity index (χ1) is 11.3. The first-order valence-electron chi connectivity index (χ1n) is 8.37. The van der Waals surface area contributed by atoms with Crippen LogP contribution in [0.15, 0.2) is 35.7 Å². The van der Waals surface area contributed by atoms with Crippen LogP contribution in [0.4, 0.5) is 5.95 Å². The molecule has 1 aromatic rings. The van der Waals surface area contributed by atoms with E-state index in [0.717, 1.165) is 44.7 Å². The van der Waals surface area contributed by atoms with Crippen LogP contribution in [0.2, 0.25) is 0 Å². The van der Waals surface area contributed by atoms with Crippen LogP contribution in [-0.4, -0.2) is 46.2 Å². The normalized spacial score (nSPS) is 28.1. The summed E-state index contributed by atoms with van der Waals surface area (Å²) in [5, 5.41) is 6.24. The van der Waals surface area contributed by atoms with Crippen molar-refractivity contribution in [1.82, 2.24) is 15.0 Å². The van der Waals surface area contributed by atoms with E-state index in [4.69, 9.17) is 0 Å². The average Bonchev–Trinajstić information content (AvgIpc) is 2.63. The molecule has 120 valence electrons. The first-order valence-corrected chi connectivity index (χ1v) is 8.37. The van der Waals surface area contributed by atoms with Crippen molar-refractivity contribution < 1.29 is 4.79 Å². The zero-order valence-electron chi connectivity index (χ0n) is 13.1. The molecule has 0 N–H and O–H groups in total. The summed E-state index contributed by atoms with van der Waals surface area (Å²) in [4.78, 5) is 23.5. The third kappa shape index (κ3) is 2.73. The Kier molecular flexibility index (Phi) is 3.81. The standard InChI is InChI=1S/C17H21N5O/c23-16-15-5-2-1-4-13(15)12-20-22(16)14-6-10-21(11-7-14)17-18-8-3-9-19-17/h1-3,8-9,12-15H,4-7,10-11H2. The van der Waals surface area contributed by atoms with Gasteiger partial charge in [0.2, 0.25) is 11.9 Å². The lowest BCUT2D eigenvalue weighted by molar-refractivity contribution is -0.140. The summed E-state index contributed by atoms with van der Waals surface area (Å²) in [6.45, 7) is 1.73. The van der Waals surface area contributed by atoms with Crippen LogP contribution < -0.4 is 4.90 Å². The van der Waals surface area contributed by atoms with Crippen LogP contribution in [0.3, 0.4) is 0 Å². The van der Waals surface area contributed by atoms with Crippen LogP contribution >= 0.6 is 0 Å². The van der Waals surface area contributed by atoms with E-state index in [-0.39, 0.29) is 17.9 Å². The zero-order chi connectivity index (χ0) is 15.6. The second kappa shape index (κ2) is 6.10. The number of anilines is 1. The molecule has 4 rings (SSSR count). The SMILES string of the molecule is O=C1C2CC=CCC2C=NN1C1CCN(c2ncccn2)CC1. The maximum absolute atomic E-state index is 12.8. The number of allylic oxidation sites excluding steroid dienone is 2. The Bertz CT molecular complexity index is 621. The molecule has 0 radical (unpaired) electrons. The van der Waals surface area contributed by atoms with Crippen molar-refractivity contribution in [3.8, 4) is 0 Å². The molecule has 2 unspecified atom stereocenters. The van der Waals surface area contributed by atoms with E-state index in [1.165, 1.54) is 0 Å². The Morgan fingerprint density at radius 1 is 1.04 bits per heavy atom. The molecular formula is C17H21N5O. The summed E-state index contributed by atoms with van der Waals surface area (Å²) in [7, 11) is 0. The summed E-state index contributed by atoms with van der Waals surface area (Å²) in [6, 6.07) is 2.03. The molecule has 1 fully saturated rings. The number of hydrogen-bond donors (Lipinski definition) is 0. The summed E-state index contributed by atoms with van der Waals surface area (Å²) >= 11 is 0. The van der Waals surface area contributed by atoms with E-state index < -0.39 is 0 Å². The molecule has 23 heavy (non-hydrogen) atoms. The molecule has 0 bridgehead atoms. The fraction of sp³-hybridized carbons (Fsp3) is 0.529. The summed E-state index contributed by atoms with van der Waals surface area (Å²) in [5.41, 5.74) is 0. The molecule has 3 heterocycles. The molecule has 1 amide bonds. The average molecular weight is 311 g/mol. The summed E-state index contributed by atoms with van der Waals surface area (Å²) in [5.74, 6) is 1.36. The number of piperidine rings is 1. The molecule has 1 aromatic heterocycles. The van der Waals surface area contributed by atoms with Crippen molar-refractivity contribution in [2.75, 3.05) is 18.0 Å². The maximum Gasteiger partial charge on any atom is 0.246 e. The topological polar surface area (TPSA) is 61.7 Å². The van der Waals surface area contributed by atoms with Crippen LogP contribution in [0.25, 0.3) is 0 Å². The van der Waals surface area contributed by atoms with Gasteiger partial charge in [-0.15, -0.1) is 0 Å². The molecule has 1 saturated heterocycles. The highest BCUT2D eigenvalue weighted by molar-refractivity contribution is 5.86. The van der Waals surface area contributed by atoms with Crippen molar-refractivity contribution >= 4 is 18.1 Å². The third-order valence-electron chi connectivity index (χ3n) is 5.05. The van der Waals surface area contributed by atoms with Gasteiger partial charge in [-0.25, -0.2) is 15.0 Å². The molecule has 3 aliphatic rings. The van der Waals surface area contributed by atoms with Crippen molar-refractivity contribution in [2.45, 2.75) is 31.7 Å². The molecule has 0 aromatic carbocycles. The van der Waals surface area contributed by atoms with Crippen LogP contribution in [0.5, 0.6) is 0 Å². The van der Waals surface area contributed by atoms with Crippen molar-refractivity contribution in [3.05, 3.63) is 30.6 Å². The number of hydrazone groups is 1. The minimum Gasteiger partial charge on any atom is -0.341 e. The lowest BCUT2D eigenvalue weighted by Gasteiger charge is -2.40. The van der Waals surface area contributed by atoms with E-state index in [1.807, 2.05) is 12.3 Å². The quantitative estimate of drug-likeness (QED) is 0.782. The number of rotatable bonds is 2. The fourth-order valence-electron chi connectivity index (χ4n) is 3.71. The summed E-state index contributed by atoms with van der Waals surface area (Å²) in [6.07, 6.45) is 13.4. The molecule has 6 heteroatoms. The molecule has 2 atom stereocenters. The Labute approximate surface area is 135 Å². The lowest BCUT2D eigenvalue weighted by atomic mass is 9.82. The molecule has 1 aliphatic carbocycles. The Balaban J connectivity index is 1.42. The predicted octanol–water partition coefficient (Wildman–Crippen LogP) is 1.86. The molecule has 0 saturated carbocycles. The van der Waals surface area contributed by atoms with E-state index in [9.17, 15) is 4.79 Å². The van der Waals surface area contributed by atoms with Gasteiger partial charge in [0.25, 0.3) is 0 Å². The second-order valence-corrected chi connectivity index (χ2v) is 6.43. The van der Waals surface area contributed by atoms with E-state index in [1.54, 1.807) is 17.4 Å². The van der Waals surface area contributed by atoms with Gasteiger partial charge in [0, 0.05) is 37.6 Å². The maximum atomic E-state index is 12.8. The zero-order valence-corrected chi connectivity index (χ0v) is 13.1. The van der Waals surface area contributed by atoms with E-state index in [0.29, 0.717) is 5.92 Å². The monoisotopic (exact) mass is 311 g/mol. The minimum atomic E-state index is 0.0907. The van der Waals surface area contributed by atoms with Gasteiger partial charge >= 0.3 is 0 Å². The molecular weight excluding hydrogens is 290 g/mol. The number of aromatic nitrogens is 2. The van der Waals surface area contributed by atoms with Crippen LogP contribution in [-0.2, 0) is 4.79 Å². The van der Waals surface area contributed by atoms with Crippen LogP contribution in [0, 0.1) is 11.8 Å². The predicted molar refractivity (Wildman–Crippen MR) is 88.0 cm³/mol. The highest BCUT2D eigenvalue weighted by Crippen LogP contribution is 2.32. The van der Waals surface area contributed by atoms with Gasteiger partial charge in [-0.1, -0.05) is 12.2 Å². The van der Waals surface area contributed by atoms with Gasteiger partial charge < -0.3 is 4.90 Å². The van der Waals surface area contributed by atoms with Crippen LogP contribution in [0.1, 0.15) is 25.7 Å². The van der Waals surface area contributed by atoms with E-state index in [2.05, 4.69) is 32.1 Å². The highest BCUT2D eigenvalue weighted by atomic mass is 16.2. The fourth-order valence-corrected chi connectivity index (χ4v) is 3.71. The molecule has 0 spiro atoms. The Morgan fingerprint density at radius 2 is 1.78 bits per heavy atom. The third-order valence-corrected chi connectivity index (χ3v) is 5.05. The minimum absolute atomic E-state index is 0.0907. The summed E-state index contributed by atoms with van der Waals surface area (Å²) < 4.78 is 0. The first kappa shape index (κ1) is 14.4. The van der Waals surface area contributed by atoms with Gasteiger partial charge in [-0.2, -0.15) is 5.10 Å². The smallest absolute Gasteiger partial charge is 0.246 e. The number of amides is 1. The Morgan fingerprint density at radius 3 is 2.57 bits per heavy atom. The largest absolute Gasteiger partial charge is 0.341 e. The molecule has 2 aliphatic heterocycles. The lowest BCUT2D eigenvalue weighted by Crippen LogP contribution is -2.50. The van der Waals surface area contributed by atoms with E-state index >= 15 is 0 Å². The number of carbonyl (C=O) groups is 1.